The van der Waals surface area contributed by atoms with Crippen LogP contribution >= 0.6 is 0 Å². The van der Waals surface area contributed by atoms with Gasteiger partial charge in [0, 0.05) is 12.4 Å². The van der Waals surface area contributed by atoms with Gasteiger partial charge in [-0.3, -0.25) is 9.59 Å². The van der Waals surface area contributed by atoms with E-state index < -0.39 is 95.2 Å². The van der Waals surface area contributed by atoms with E-state index in [9.17, 15) is 48.6 Å². The number of hydrogen-bond acceptors (Lipinski definition) is 13. The second-order valence-corrected chi connectivity index (χ2v) is 20.4. The van der Waals surface area contributed by atoms with Crippen LogP contribution in [0.5, 0.6) is 0 Å². The number of nitrogens with zero attached hydrogens (tertiary/aromatic N) is 5. The SMILES string of the molecule is CC(C)(C)OC(=O)N(C(=O)OC(C)(C)C)c1cc(CC2C(=O)N(C(=O)NC(c3ccccc3)c3ccccc3)[C@@H]2C(=O)O)ccn1.Nc1cc(CC2C(=O)N(C(=O)NC(c3ccccc3)c3ccccc3)[C@@H]2C(=O)O)ccn1. The largest absolute Gasteiger partial charge is 0.480 e. The first-order valence-electron chi connectivity index (χ1n) is 24.8. The molecule has 0 radical (unpaired) electrons. The monoisotopic (exact) mass is 1060 g/mol. The maximum atomic E-state index is 13.4. The van der Waals surface area contributed by atoms with Crippen molar-refractivity contribution in [2.75, 3.05) is 10.6 Å². The van der Waals surface area contributed by atoms with Crippen molar-refractivity contribution in [3.05, 3.63) is 191 Å². The summed E-state index contributed by atoms with van der Waals surface area (Å²) in [5.74, 6) is -5.61. The summed E-state index contributed by atoms with van der Waals surface area (Å²) in [5, 5.41) is 25.5. The third-order valence-corrected chi connectivity index (χ3v) is 12.4. The number of amides is 8. The van der Waals surface area contributed by atoms with Crippen LogP contribution in [0.15, 0.2) is 158 Å². The van der Waals surface area contributed by atoms with E-state index >= 15 is 0 Å². The number of hydrogen-bond donors (Lipinski definition) is 5. The molecule has 0 bridgehead atoms. The fourth-order valence-electron chi connectivity index (χ4n) is 8.92. The number of aromatic nitrogens is 2. The number of rotatable bonds is 13. The van der Waals surface area contributed by atoms with Gasteiger partial charge < -0.3 is 36.1 Å². The molecule has 2 aliphatic rings. The molecule has 6 aromatic rings. The first-order valence-corrected chi connectivity index (χ1v) is 24.8. The number of aliphatic carboxylic acids is 2. The molecule has 6 N–H and O–H groups in total. The standard InChI is InChI=1S/C34H38N4O8.C24H22N4O4/c1-33(2,3)45-31(43)37(32(44)46-34(4,5)6)25-20-21(17-18-35-25)19-24-27(29(40)41)38(28(24)39)30(42)36-26(22-13-9-7-10-14-22)23-15-11-8-12-16-23;25-19-14-15(11-12-26-19)13-18-21(23(30)31)28(22(18)29)24(32)27-20(16-7-3-1-4-8-16)17-9-5-2-6-10-17/h7-18,20,24,26-27H,19H2,1-6H3,(H,36,42)(H,40,41);1-12,14,18,20-21H,13H2,(H2,25,26)(H,27,32)(H,30,31)/t24?,27-;18?,21-/m00/s1. The minimum Gasteiger partial charge on any atom is -0.480 e. The van der Waals surface area contributed by atoms with Gasteiger partial charge in [0.15, 0.2) is 12.1 Å². The number of urea groups is 2. The van der Waals surface area contributed by atoms with Crippen LogP contribution in [0.25, 0.3) is 0 Å². The van der Waals surface area contributed by atoms with Crippen LogP contribution < -0.4 is 21.3 Å². The molecule has 8 rings (SSSR count). The van der Waals surface area contributed by atoms with Crippen LogP contribution in [0, 0.1) is 11.8 Å². The highest BCUT2D eigenvalue weighted by Gasteiger charge is 2.56. The number of nitrogens with two attached hydrogens (primary N) is 1. The second-order valence-electron chi connectivity index (χ2n) is 20.4. The Morgan fingerprint density at radius 1 is 0.551 bits per heavy atom. The molecule has 2 saturated heterocycles. The molecule has 2 aromatic heterocycles. The molecule has 20 heteroatoms. The fraction of sp³-hybridized carbons (Fsp3) is 0.276. The minimum atomic E-state index is -1.45. The zero-order valence-corrected chi connectivity index (χ0v) is 43.7. The molecule has 8 amide bonds. The van der Waals surface area contributed by atoms with Gasteiger partial charge in [0.05, 0.1) is 23.9 Å². The normalized spacial score (nSPS) is 16.9. The Morgan fingerprint density at radius 3 is 1.21 bits per heavy atom. The number of anilines is 2. The Labute approximate surface area is 450 Å². The smallest absolute Gasteiger partial charge is 0.425 e. The highest BCUT2D eigenvalue weighted by Crippen LogP contribution is 2.35. The lowest BCUT2D eigenvalue weighted by molar-refractivity contribution is -0.165. The van der Waals surface area contributed by atoms with Crippen LogP contribution in [-0.4, -0.2) is 101 Å². The van der Waals surface area contributed by atoms with Gasteiger partial charge in [-0.1, -0.05) is 121 Å². The Morgan fingerprint density at radius 2 is 0.885 bits per heavy atom. The van der Waals surface area contributed by atoms with Gasteiger partial charge in [-0.15, -0.1) is 0 Å². The van der Waals surface area contributed by atoms with Gasteiger partial charge in [-0.05, 0) is 112 Å². The maximum absolute atomic E-state index is 13.4. The molecule has 2 aliphatic heterocycles. The van der Waals surface area contributed by atoms with E-state index in [4.69, 9.17) is 15.2 Å². The highest BCUT2D eigenvalue weighted by atomic mass is 16.6. The quantitative estimate of drug-likeness (QED) is 0.0680. The molecular formula is C58H60N8O12. The summed E-state index contributed by atoms with van der Waals surface area (Å²) >= 11 is 0. The van der Waals surface area contributed by atoms with Gasteiger partial charge in [0.2, 0.25) is 11.8 Å². The van der Waals surface area contributed by atoms with Crippen molar-refractivity contribution in [1.82, 2.24) is 30.4 Å². The van der Waals surface area contributed by atoms with E-state index in [0.29, 0.717) is 20.9 Å². The van der Waals surface area contributed by atoms with Crippen molar-refractivity contribution in [3.63, 3.8) is 0 Å². The van der Waals surface area contributed by atoms with Crippen LogP contribution in [-0.2, 0) is 41.5 Å². The molecule has 78 heavy (non-hydrogen) atoms. The van der Waals surface area contributed by atoms with Crippen LogP contribution in [0.4, 0.5) is 30.8 Å². The zero-order valence-electron chi connectivity index (χ0n) is 43.7. The summed E-state index contributed by atoms with van der Waals surface area (Å²) in [6.45, 7) is 9.83. The Balaban J connectivity index is 0.000000241. The topological polar surface area (TPSA) is 281 Å². The van der Waals surface area contributed by atoms with Gasteiger partial charge >= 0.3 is 36.2 Å². The van der Waals surface area contributed by atoms with Crippen molar-refractivity contribution in [1.29, 1.82) is 0 Å². The third-order valence-electron chi connectivity index (χ3n) is 12.4. The summed E-state index contributed by atoms with van der Waals surface area (Å²) in [6.07, 6.45) is 0.824. The van der Waals surface area contributed by atoms with Gasteiger partial charge in [0.25, 0.3) is 0 Å². The number of β-lactam (4-membered cyclic amide) rings is 2. The van der Waals surface area contributed by atoms with Crippen LogP contribution in [0.3, 0.4) is 0 Å². The van der Waals surface area contributed by atoms with Crippen molar-refractivity contribution in [2.45, 2.75) is 89.8 Å². The number of imide groups is 3. The molecule has 4 atom stereocenters. The molecule has 0 spiro atoms. The summed E-state index contributed by atoms with van der Waals surface area (Å²) in [5.41, 5.74) is 8.02. The van der Waals surface area contributed by atoms with Gasteiger partial charge in [0.1, 0.15) is 22.8 Å². The average Bonchev–Trinajstić information content (AvgIpc) is 3.38. The van der Waals surface area contributed by atoms with Crippen molar-refractivity contribution < 1.29 is 58.0 Å². The number of likely N-dealkylation sites (tertiary alicyclic amines) is 2. The molecule has 404 valence electrons. The number of benzene rings is 4. The van der Waals surface area contributed by atoms with E-state index in [1.165, 1.54) is 24.5 Å². The van der Waals surface area contributed by atoms with Crippen molar-refractivity contribution in [3.8, 4) is 0 Å². The highest BCUT2D eigenvalue weighted by molar-refractivity contribution is 6.10. The molecule has 2 unspecified atom stereocenters. The number of carboxylic acids is 2. The van der Waals surface area contributed by atoms with Crippen molar-refractivity contribution >= 4 is 59.6 Å². The van der Waals surface area contributed by atoms with E-state index in [1.807, 2.05) is 121 Å². The third kappa shape index (κ3) is 13.7. The number of nitrogens with one attached hydrogen (secondary N) is 2. The molecule has 20 nitrogen and oxygen atoms in total. The molecule has 4 aromatic carbocycles. The van der Waals surface area contributed by atoms with E-state index in [2.05, 4.69) is 20.6 Å². The first kappa shape index (κ1) is 56.3. The number of ether oxygens (including phenoxy) is 2. The molecule has 0 aliphatic carbocycles. The van der Waals surface area contributed by atoms with Gasteiger partial charge in [-0.25, -0.2) is 48.5 Å². The number of carbonyl (C=O) groups is 8. The van der Waals surface area contributed by atoms with E-state index in [1.54, 1.807) is 53.7 Å². The zero-order chi connectivity index (χ0) is 56.5. The Hall–Kier alpha value is -9.46. The fourth-order valence-corrected chi connectivity index (χ4v) is 8.92. The Bertz CT molecular complexity index is 3050. The Kier molecular flexibility index (Phi) is 17.3. The van der Waals surface area contributed by atoms with E-state index in [-0.39, 0.29) is 24.5 Å². The minimum absolute atomic E-state index is 0.105. The summed E-state index contributed by atoms with van der Waals surface area (Å²) in [4.78, 5) is 113. The predicted molar refractivity (Wildman–Crippen MR) is 285 cm³/mol. The number of carbonyl (C=O) groups excluding carboxylic acids is 6. The predicted octanol–water partition coefficient (Wildman–Crippen LogP) is 8.33. The summed E-state index contributed by atoms with van der Waals surface area (Å²) in [6, 6.07) is 37.5. The van der Waals surface area contributed by atoms with E-state index in [0.717, 1.165) is 27.2 Å². The molecule has 4 heterocycles. The number of nitrogen functional groups attached to an aromatic ring is 1. The van der Waals surface area contributed by atoms with Crippen LogP contribution in [0.1, 0.15) is 87.0 Å². The molecular weight excluding hydrogens is 1000 g/mol. The number of pyridine rings is 2. The van der Waals surface area contributed by atoms with Crippen molar-refractivity contribution in [2.24, 2.45) is 11.8 Å². The van der Waals surface area contributed by atoms with Gasteiger partial charge in [-0.2, -0.15) is 4.90 Å². The molecule has 2 fully saturated rings. The summed E-state index contributed by atoms with van der Waals surface area (Å²) in [7, 11) is 0. The lowest BCUT2D eigenvalue weighted by Crippen LogP contribution is -2.68. The average molecular weight is 1060 g/mol. The lowest BCUT2D eigenvalue weighted by Gasteiger charge is -2.43. The maximum Gasteiger partial charge on any atom is 0.425 e. The molecule has 0 saturated carbocycles. The van der Waals surface area contributed by atoms with Crippen LogP contribution in [0.2, 0.25) is 0 Å². The lowest BCUT2D eigenvalue weighted by atomic mass is 9.82. The second kappa shape index (κ2) is 24.0. The summed E-state index contributed by atoms with van der Waals surface area (Å²) < 4.78 is 10.8. The number of carboxylic acid groups (broad SMARTS) is 2. The first-order chi connectivity index (χ1) is 37.0.